The number of alkyl halides is 2. The van der Waals surface area contributed by atoms with Crippen molar-refractivity contribution < 1.29 is 8.78 Å². The Bertz CT molecular complexity index is 142. The topological polar surface area (TPSA) is 15.3 Å². The molecule has 1 unspecified atom stereocenters. The summed E-state index contributed by atoms with van der Waals surface area (Å²) >= 11 is 0. The third-order valence-electron chi connectivity index (χ3n) is 2.45. The molecular weight excluding hydrogens is 174 g/mol. The number of hydrogen-bond donors (Lipinski definition) is 1. The van der Waals surface area contributed by atoms with E-state index < -0.39 is 6.43 Å². The zero-order valence-electron chi connectivity index (χ0n) is 8.10. The van der Waals surface area contributed by atoms with Gasteiger partial charge in [-0.15, -0.1) is 0 Å². The van der Waals surface area contributed by atoms with E-state index in [2.05, 4.69) is 12.2 Å². The van der Waals surface area contributed by atoms with Crippen LogP contribution in [0.2, 0.25) is 0 Å². The molecule has 0 aromatic rings. The highest BCUT2D eigenvalue weighted by molar-refractivity contribution is 4.77. The van der Waals surface area contributed by atoms with Gasteiger partial charge in [0.05, 0.1) is 6.54 Å². The molecule has 1 fully saturated rings. The molecule has 1 N–H and O–H groups in total. The van der Waals surface area contributed by atoms with E-state index in [1.165, 1.54) is 0 Å². The van der Waals surface area contributed by atoms with Crippen molar-refractivity contribution in [3.63, 3.8) is 0 Å². The molecular formula is C9H18F2N2. The average molecular weight is 192 g/mol. The van der Waals surface area contributed by atoms with Crippen LogP contribution in [-0.2, 0) is 0 Å². The predicted molar refractivity (Wildman–Crippen MR) is 49.1 cm³/mol. The summed E-state index contributed by atoms with van der Waals surface area (Å²) < 4.78 is 24.0. The van der Waals surface area contributed by atoms with Gasteiger partial charge in [0.2, 0.25) is 0 Å². The highest BCUT2D eigenvalue weighted by Gasteiger charge is 2.23. The number of likely N-dealkylation sites (tertiary alicyclic amines) is 1. The molecule has 1 aliphatic rings. The Morgan fingerprint density at radius 1 is 1.54 bits per heavy atom. The maximum atomic E-state index is 12.0. The van der Waals surface area contributed by atoms with Crippen molar-refractivity contribution in [3.8, 4) is 0 Å². The molecule has 2 nitrogen and oxygen atoms in total. The summed E-state index contributed by atoms with van der Waals surface area (Å²) in [5, 5.41) is 3.25. The molecule has 0 aromatic carbocycles. The molecule has 1 rings (SSSR count). The Balaban J connectivity index is 2.12. The normalized spacial score (nSPS) is 24.5. The Kier molecular flexibility index (Phi) is 4.59. The average Bonchev–Trinajstić information content (AvgIpc) is 2.48. The van der Waals surface area contributed by atoms with Crippen LogP contribution in [0.25, 0.3) is 0 Å². The number of nitrogens with one attached hydrogen (secondary N) is 1. The van der Waals surface area contributed by atoms with Gasteiger partial charge in [-0.25, -0.2) is 8.78 Å². The molecule has 1 atom stereocenters. The van der Waals surface area contributed by atoms with Crippen LogP contribution in [-0.4, -0.2) is 44.0 Å². The van der Waals surface area contributed by atoms with Gasteiger partial charge in [0.1, 0.15) is 0 Å². The zero-order valence-corrected chi connectivity index (χ0v) is 8.10. The van der Waals surface area contributed by atoms with E-state index in [-0.39, 0.29) is 6.54 Å². The fourth-order valence-corrected chi connectivity index (χ4v) is 1.79. The summed E-state index contributed by atoms with van der Waals surface area (Å²) in [6, 6.07) is 0. The highest BCUT2D eigenvalue weighted by atomic mass is 19.3. The van der Waals surface area contributed by atoms with Gasteiger partial charge >= 0.3 is 0 Å². The van der Waals surface area contributed by atoms with Gasteiger partial charge < -0.3 is 5.32 Å². The van der Waals surface area contributed by atoms with E-state index in [4.69, 9.17) is 0 Å². The van der Waals surface area contributed by atoms with E-state index in [1.54, 1.807) is 0 Å². The van der Waals surface area contributed by atoms with Crippen LogP contribution in [0.3, 0.4) is 0 Å². The van der Waals surface area contributed by atoms with E-state index in [9.17, 15) is 8.78 Å². The lowest BCUT2D eigenvalue weighted by Gasteiger charge is -2.15. The molecule has 1 heterocycles. The minimum atomic E-state index is -2.18. The van der Waals surface area contributed by atoms with Crippen molar-refractivity contribution in [2.75, 3.05) is 32.7 Å². The lowest BCUT2D eigenvalue weighted by Crippen LogP contribution is -2.29. The van der Waals surface area contributed by atoms with Crippen LogP contribution in [0.5, 0.6) is 0 Å². The van der Waals surface area contributed by atoms with Crippen molar-refractivity contribution in [1.82, 2.24) is 10.2 Å². The van der Waals surface area contributed by atoms with Gasteiger partial charge in [-0.05, 0) is 32.0 Å². The number of rotatable bonds is 5. The number of hydrogen-bond acceptors (Lipinski definition) is 2. The third kappa shape index (κ3) is 4.00. The third-order valence-corrected chi connectivity index (χ3v) is 2.45. The first-order chi connectivity index (χ1) is 6.22. The molecule has 0 saturated carbocycles. The summed E-state index contributed by atoms with van der Waals surface area (Å²) in [6.07, 6.45) is -1.13. The van der Waals surface area contributed by atoms with Crippen molar-refractivity contribution in [3.05, 3.63) is 0 Å². The van der Waals surface area contributed by atoms with Gasteiger partial charge in [-0.1, -0.05) is 6.92 Å². The molecule has 0 bridgehead atoms. The summed E-state index contributed by atoms with van der Waals surface area (Å²) in [7, 11) is 0. The van der Waals surface area contributed by atoms with Crippen LogP contribution >= 0.6 is 0 Å². The Morgan fingerprint density at radius 3 is 2.92 bits per heavy atom. The van der Waals surface area contributed by atoms with Crippen LogP contribution in [0, 0.1) is 5.92 Å². The lowest BCUT2D eigenvalue weighted by atomic mass is 10.1. The van der Waals surface area contributed by atoms with Crippen molar-refractivity contribution >= 4 is 0 Å². The monoisotopic (exact) mass is 192 g/mol. The second kappa shape index (κ2) is 5.50. The SMILES string of the molecule is CCNCC1CCN(CC(F)F)C1. The molecule has 0 radical (unpaired) electrons. The van der Waals surface area contributed by atoms with Crippen molar-refractivity contribution in [2.24, 2.45) is 5.92 Å². The minimum absolute atomic E-state index is 0.0530. The van der Waals surface area contributed by atoms with Crippen molar-refractivity contribution in [2.45, 2.75) is 19.8 Å². The molecule has 13 heavy (non-hydrogen) atoms. The Hall–Kier alpha value is -0.220. The molecule has 78 valence electrons. The smallest absolute Gasteiger partial charge is 0.251 e. The van der Waals surface area contributed by atoms with Crippen LogP contribution < -0.4 is 5.32 Å². The quantitative estimate of drug-likeness (QED) is 0.703. The summed E-state index contributed by atoms with van der Waals surface area (Å²) in [4.78, 5) is 1.85. The minimum Gasteiger partial charge on any atom is -0.317 e. The maximum Gasteiger partial charge on any atom is 0.251 e. The van der Waals surface area contributed by atoms with Crippen molar-refractivity contribution in [1.29, 1.82) is 0 Å². The highest BCUT2D eigenvalue weighted by Crippen LogP contribution is 2.16. The Morgan fingerprint density at radius 2 is 2.31 bits per heavy atom. The lowest BCUT2D eigenvalue weighted by molar-refractivity contribution is 0.0979. The van der Waals surface area contributed by atoms with E-state index in [0.29, 0.717) is 5.92 Å². The summed E-state index contributed by atoms with van der Waals surface area (Å²) in [5.41, 5.74) is 0. The molecule has 1 saturated heterocycles. The first-order valence-electron chi connectivity index (χ1n) is 4.93. The first-order valence-corrected chi connectivity index (χ1v) is 4.93. The van der Waals surface area contributed by atoms with Gasteiger partial charge in [-0.2, -0.15) is 0 Å². The van der Waals surface area contributed by atoms with E-state index >= 15 is 0 Å². The molecule has 0 amide bonds. The molecule has 4 heteroatoms. The summed E-state index contributed by atoms with van der Waals surface area (Å²) in [5.74, 6) is 0.568. The van der Waals surface area contributed by atoms with Gasteiger partial charge in [0.25, 0.3) is 6.43 Å². The molecule has 1 aliphatic heterocycles. The van der Waals surface area contributed by atoms with Gasteiger partial charge in [0.15, 0.2) is 0 Å². The second-order valence-corrected chi connectivity index (χ2v) is 3.61. The fourth-order valence-electron chi connectivity index (χ4n) is 1.79. The zero-order chi connectivity index (χ0) is 9.68. The van der Waals surface area contributed by atoms with Gasteiger partial charge in [0, 0.05) is 6.54 Å². The molecule has 0 aliphatic carbocycles. The van der Waals surface area contributed by atoms with Crippen LogP contribution in [0.15, 0.2) is 0 Å². The van der Waals surface area contributed by atoms with E-state index in [1.807, 2.05) is 4.90 Å². The van der Waals surface area contributed by atoms with E-state index in [0.717, 1.165) is 32.6 Å². The second-order valence-electron chi connectivity index (χ2n) is 3.61. The maximum absolute atomic E-state index is 12.0. The summed E-state index contributed by atoms with van der Waals surface area (Å²) in [6.45, 7) is 5.60. The number of halogens is 2. The largest absolute Gasteiger partial charge is 0.317 e. The standard InChI is InChI=1S/C9H18F2N2/c1-2-12-5-8-3-4-13(6-8)7-9(10)11/h8-9,12H,2-7H2,1H3. The van der Waals surface area contributed by atoms with Crippen LogP contribution in [0.4, 0.5) is 8.78 Å². The predicted octanol–water partition coefficient (Wildman–Crippen LogP) is 1.18. The first kappa shape index (κ1) is 10.9. The fraction of sp³-hybridized carbons (Fsp3) is 1.00. The molecule has 0 spiro atoms. The van der Waals surface area contributed by atoms with Gasteiger partial charge in [-0.3, -0.25) is 4.90 Å². The van der Waals surface area contributed by atoms with Crippen LogP contribution in [0.1, 0.15) is 13.3 Å². The Labute approximate surface area is 78.3 Å². The molecule has 0 aromatic heterocycles. The number of nitrogens with zero attached hydrogens (tertiary/aromatic N) is 1.